The minimum absolute atomic E-state index is 0.184. The van der Waals surface area contributed by atoms with Gasteiger partial charge < -0.3 is 5.73 Å². The molecule has 3 nitrogen and oxygen atoms in total. The number of aryl methyl sites for hydroxylation is 2. The molecule has 1 heterocycles. The van der Waals surface area contributed by atoms with Crippen LogP contribution in [0.4, 0.5) is 0 Å². The molecule has 1 rings (SSSR count). The first-order valence-corrected chi connectivity index (χ1v) is 5.12. The molecular weight excluding hydrogens is 174 g/mol. The minimum atomic E-state index is 0.184. The van der Waals surface area contributed by atoms with Crippen molar-refractivity contribution in [3.63, 3.8) is 0 Å². The number of aromatic nitrogens is 2. The SMILES string of the molecule is CCC(N)C(C)c1cc(C)nc(C)n1. The molecule has 14 heavy (non-hydrogen) atoms. The van der Waals surface area contributed by atoms with Crippen LogP contribution in [0.2, 0.25) is 0 Å². The Balaban J connectivity index is 2.94. The molecule has 0 aromatic carbocycles. The van der Waals surface area contributed by atoms with E-state index in [4.69, 9.17) is 5.73 Å². The van der Waals surface area contributed by atoms with Crippen LogP contribution < -0.4 is 5.73 Å². The summed E-state index contributed by atoms with van der Waals surface area (Å²) in [6, 6.07) is 2.20. The van der Waals surface area contributed by atoms with Crippen LogP contribution in [0.15, 0.2) is 6.07 Å². The molecule has 2 N–H and O–H groups in total. The summed E-state index contributed by atoms with van der Waals surface area (Å²) >= 11 is 0. The molecule has 0 aliphatic carbocycles. The topological polar surface area (TPSA) is 51.8 Å². The van der Waals surface area contributed by atoms with E-state index in [1.165, 1.54) is 0 Å². The summed E-state index contributed by atoms with van der Waals surface area (Å²) in [6.45, 7) is 8.13. The van der Waals surface area contributed by atoms with Gasteiger partial charge in [0.15, 0.2) is 0 Å². The maximum atomic E-state index is 5.99. The van der Waals surface area contributed by atoms with Gasteiger partial charge in [-0.25, -0.2) is 9.97 Å². The Kier molecular flexibility index (Phi) is 3.58. The second-order valence-corrected chi connectivity index (χ2v) is 3.84. The molecule has 0 aliphatic heterocycles. The van der Waals surface area contributed by atoms with Crippen LogP contribution in [-0.4, -0.2) is 16.0 Å². The number of rotatable bonds is 3. The van der Waals surface area contributed by atoms with E-state index >= 15 is 0 Å². The van der Waals surface area contributed by atoms with Crippen LogP contribution in [0.5, 0.6) is 0 Å². The van der Waals surface area contributed by atoms with Crippen LogP contribution in [0.1, 0.15) is 43.4 Å². The van der Waals surface area contributed by atoms with Gasteiger partial charge in [-0.2, -0.15) is 0 Å². The van der Waals surface area contributed by atoms with Gasteiger partial charge >= 0.3 is 0 Å². The number of hydrogen-bond donors (Lipinski definition) is 1. The lowest BCUT2D eigenvalue weighted by Crippen LogP contribution is -2.26. The average molecular weight is 193 g/mol. The third-order valence-corrected chi connectivity index (χ3v) is 2.57. The molecule has 3 heteroatoms. The predicted molar refractivity (Wildman–Crippen MR) is 58.2 cm³/mol. The molecule has 0 saturated heterocycles. The maximum Gasteiger partial charge on any atom is 0.125 e. The van der Waals surface area contributed by atoms with Gasteiger partial charge in [-0.1, -0.05) is 13.8 Å². The van der Waals surface area contributed by atoms with Gasteiger partial charge in [0, 0.05) is 23.3 Å². The molecular formula is C11H19N3. The fraction of sp³-hybridized carbons (Fsp3) is 0.636. The lowest BCUT2D eigenvalue weighted by Gasteiger charge is -2.18. The summed E-state index contributed by atoms with van der Waals surface area (Å²) in [5.74, 6) is 1.13. The summed E-state index contributed by atoms with van der Waals surface area (Å²) < 4.78 is 0. The highest BCUT2D eigenvalue weighted by molar-refractivity contribution is 5.15. The summed E-state index contributed by atoms with van der Waals surface area (Å²) in [7, 11) is 0. The highest BCUT2D eigenvalue weighted by Gasteiger charge is 2.15. The van der Waals surface area contributed by atoms with Crippen molar-refractivity contribution in [1.82, 2.24) is 9.97 Å². The fourth-order valence-electron chi connectivity index (χ4n) is 1.55. The Bertz CT molecular complexity index is 289. The van der Waals surface area contributed by atoms with Crippen molar-refractivity contribution in [2.24, 2.45) is 5.73 Å². The van der Waals surface area contributed by atoms with Crippen LogP contribution in [0, 0.1) is 13.8 Å². The predicted octanol–water partition coefficient (Wildman–Crippen LogP) is 1.93. The Morgan fingerprint density at radius 1 is 1.36 bits per heavy atom. The molecule has 78 valence electrons. The van der Waals surface area contributed by atoms with Gasteiger partial charge in [0.25, 0.3) is 0 Å². The summed E-state index contributed by atoms with van der Waals surface area (Å²) in [5, 5.41) is 0. The summed E-state index contributed by atoms with van der Waals surface area (Å²) in [6.07, 6.45) is 0.975. The van der Waals surface area contributed by atoms with Gasteiger partial charge in [-0.3, -0.25) is 0 Å². The Morgan fingerprint density at radius 3 is 2.50 bits per heavy atom. The highest BCUT2D eigenvalue weighted by Crippen LogP contribution is 2.18. The van der Waals surface area contributed by atoms with Crippen molar-refractivity contribution < 1.29 is 0 Å². The largest absolute Gasteiger partial charge is 0.327 e. The van der Waals surface area contributed by atoms with Gasteiger partial charge in [-0.15, -0.1) is 0 Å². The molecule has 1 aromatic rings. The Hall–Kier alpha value is -0.960. The average Bonchev–Trinajstić information content (AvgIpc) is 2.14. The molecule has 0 radical (unpaired) electrons. The normalized spacial score (nSPS) is 15.2. The molecule has 0 spiro atoms. The van der Waals surface area contributed by atoms with Gasteiger partial charge in [0.05, 0.1) is 0 Å². The van der Waals surface area contributed by atoms with Crippen LogP contribution in [0.3, 0.4) is 0 Å². The standard InChI is InChI=1S/C11H19N3/c1-5-10(12)8(3)11-6-7(2)13-9(4)14-11/h6,8,10H,5,12H2,1-4H3. The van der Waals surface area contributed by atoms with E-state index < -0.39 is 0 Å². The zero-order valence-electron chi connectivity index (χ0n) is 9.41. The van der Waals surface area contributed by atoms with Crippen molar-refractivity contribution >= 4 is 0 Å². The second kappa shape index (κ2) is 4.51. The van der Waals surface area contributed by atoms with E-state index in [9.17, 15) is 0 Å². The summed E-state index contributed by atoms with van der Waals surface area (Å²) in [5.41, 5.74) is 8.06. The van der Waals surface area contributed by atoms with Crippen molar-refractivity contribution in [1.29, 1.82) is 0 Å². The second-order valence-electron chi connectivity index (χ2n) is 3.84. The summed E-state index contributed by atoms with van der Waals surface area (Å²) in [4.78, 5) is 8.66. The minimum Gasteiger partial charge on any atom is -0.327 e. The molecule has 1 aromatic heterocycles. The zero-order valence-corrected chi connectivity index (χ0v) is 9.41. The number of nitrogens with zero attached hydrogens (tertiary/aromatic N) is 2. The van der Waals surface area contributed by atoms with Crippen molar-refractivity contribution in [3.8, 4) is 0 Å². The Labute approximate surface area is 85.8 Å². The van der Waals surface area contributed by atoms with Gasteiger partial charge in [0.1, 0.15) is 5.82 Å². The number of nitrogens with two attached hydrogens (primary N) is 1. The van der Waals surface area contributed by atoms with E-state index in [0.29, 0.717) is 5.92 Å². The first-order chi connectivity index (χ1) is 6.54. The quantitative estimate of drug-likeness (QED) is 0.798. The van der Waals surface area contributed by atoms with Crippen LogP contribution in [0.25, 0.3) is 0 Å². The first-order valence-electron chi connectivity index (χ1n) is 5.12. The van der Waals surface area contributed by atoms with Crippen molar-refractivity contribution in [2.45, 2.75) is 46.1 Å². The molecule has 2 unspecified atom stereocenters. The molecule has 0 aliphatic rings. The van der Waals surface area contributed by atoms with E-state index in [-0.39, 0.29) is 6.04 Å². The lowest BCUT2D eigenvalue weighted by atomic mass is 9.96. The molecule has 0 amide bonds. The van der Waals surface area contributed by atoms with Crippen LogP contribution in [-0.2, 0) is 0 Å². The molecule has 2 atom stereocenters. The number of hydrogen-bond acceptors (Lipinski definition) is 3. The van der Waals surface area contributed by atoms with Crippen molar-refractivity contribution in [3.05, 3.63) is 23.3 Å². The molecule has 0 fully saturated rings. The highest BCUT2D eigenvalue weighted by atomic mass is 14.9. The Morgan fingerprint density at radius 2 is 2.00 bits per heavy atom. The van der Waals surface area contributed by atoms with Gasteiger partial charge in [0.2, 0.25) is 0 Å². The van der Waals surface area contributed by atoms with Crippen LogP contribution >= 0.6 is 0 Å². The molecule has 0 bridgehead atoms. The lowest BCUT2D eigenvalue weighted by molar-refractivity contribution is 0.538. The van der Waals surface area contributed by atoms with Crippen molar-refractivity contribution in [2.75, 3.05) is 0 Å². The van der Waals surface area contributed by atoms with E-state index in [0.717, 1.165) is 23.6 Å². The van der Waals surface area contributed by atoms with E-state index in [2.05, 4.69) is 23.8 Å². The maximum absolute atomic E-state index is 5.99. The molecule has 0 saturated carbocycles. The third-order valence-electron chi connectivity index (χ3n) is 2.57. The fourth-order valence-corrected chi connectivity index (χ4v) is 1.55. The third kappa shape index (κ3) is 2.51. The van der Waals surface area contributed by atoms with E-state index in [1.54, 1.807) is 0 Å². The van der Waals surface area contributed by atoms with Gasteiger partial charge in [-0.05, 0) is 26.3 Å². The van der Waals surface area contributed by atoms with E-state index in [1.807, 2.05) is 19.9 Å². The smallest absolute Gasteiger partial charge is 0.125 e. The monoisotopic (exact) mass is 193 g/mol. The first kappa shape index (κ1) is 11.1. The zero-order chi connectivity index (χ0) is 10.7.